The summed E-state index contributed by atoms with van der Waals surface area (Å²) in [6, 6.07) is 7.29. The quantitative estimate of drug-likeness (QED) is 0.796. The van der Waals surface area contributed by atoms with Crippen molar-refractivity contribution in [3.05, 3.63) is 51.3 Å². The topological polar surface area (TPSA) is 67.6 Å². The molecule has 0 atom stereocenters. The molecule has 0 aliphatic rings. The maximum Gasteiger partial charge on any atom is 0.276 e. The van der Waals surface area contributed by atoms with E-state index in [0.29, 0.717) is 11.3 Å². The van der Waals surface area contributed by atoms with Crippen LogP contribution in [0.25, 0.3) is 11.1 Å². The third-order valence-electron chi connectivity index (χ3n) is 3.12. The van der Waals surface area contributed by atoms with Gasteiger partial charge in [0.1, 0.15) is 6.54 Å². The molecule has 6 nitrogen and oxygen atoms in total. The van der Waals surface area contributed by atoms with Gasteiger partial charge in [0, 0.05) is 21.1 Å². The molecule has 0 radical (unpaired) electrons. The first-order valence-corrected chi connectivity index (χ1v) is 6.17. The smallest absolute Gasteiger partial charge is 0.276 e. The molecule has 6 heteroatoms. The number of aromatic nitrogens is 2. The molecular formula is C14H16N4O2. The summed E-state index contributed by atoms with van der Waals surface area (Å²) >= 11 is 0. The molecule has 0 bridgehead atoms. The lowest BCUT2D eigenvalue weighted by molar-refractivity contribution is 0.708. The maximum atomic E-state index is 12.4. The summed E-state index contributed by atoms with van der Waals surface area (Å²) in [6.07, 6.45) is 1.64. The first-order chi connectivity index (χ1) is 9.56. The van der Waals surface area contributed by atoms with Crippen LogP contribution in [0.5, 0.6) is 0 Å². The fourth-order valence-corrected chi connectivity index (χ4v) is 2.09. The molecule has 0 saturated heterocycles. The van der Waals surface area contributed by atoms with E-state index in [4.69, 9.17) is 0 Å². The summed E-state index contributed by atoms with van der Waals surface area (Å²) in [4.78, 5) is 24.8. The fraction of sp³-hybridized carbons (Fsp3) is 0.286. The van der Waals surface area contributed by atoms with Gasteiger partial charge in [-0.2, -0.15) is 10.0 Å². The third kappa shape index (κ3) is 2.45. The highest BCUT2D eigenvalue weighted by atomic mass is 16.3. The van der Waals surface area contributed by atoms with Crippen molar-refractivity contribution in [2.45, 2.75) is 6.54 Å². The molecule has 2 aromatic rings. The van der Waals surface area contributed by atoms with E-state index >= 15 is 0 Å². The summed E-state index contributed by atoms with van der Waals surface area (Å²) in [5, 5.41) is 6.97. The molecule has 0 spiro atoms. The first kappa shape index (κ1) is 13.9. The van der Waals surface area contributed by atoms with E-state index in [0.717, 1.165) is 11.1 Å². The van der Waals surface area contributed by atoms with Crippen LogP contribution in [0.2, 0.25) is 0 Å². The van der Waals surface area contributed by atoms with Crippen molar-refractivity contribution in [3.8, 4) is 11.1 Å². The molecule has 1 heterocycles. The van der Waals surface area contributed by atoms with Crippen molar-refractivity contribution in [3.63, 3.8) is 0 Å². The van der Waals surface area contributed by atoms with Crippen molar-refractivity contribution in [1.29, 1.82) is 0 Å². The predicted octanol–water partition coefficient (Wildman–Crippen LogP) is 1.78. The molecule has 0 amide bonds. The molecule has 2 rings (SSSR count). The lowest BCUT2D eigenvalue weighted by Crippen LogP contribution is -2.25. The standard InChI is InChI=1S/C14H16N4O2/c1-17(2)12-9-15-18(3)14(19)13(12)11-7-5-4-6-10(11)8-16-20/h4-7,9H,8H2,1-3H3. The molecule has 0 saturated carbocycles. The monoisotopic (exact) mass is 272 g/mol. The summed E-state index contributed by atoms with van der Waals surface area (Å²) in [5.41, 5.74) is 2.50. The van der Waals surface area contributed by atoms with Gasteiger partial charge in [0.05, 0.1) is 17.4 Å². The van der Waals surface area contributed by atoms with Gasteiger partial charge in [-0.1, -0.05) is 29.4 Å². The lowest BCUT2D eigenvalue weighted by Gasteiger charge is -2.18. The molecule has 20 heavy (non-hydrogen) atoms. The van der Waals surface area contributed by atoms with Gasteiger partial charge in [-0.3, -0.25) is 4.79 Å². The van der Waals surface area contributed by atoms with Gasteiger partial charge in [-0.25, -0.2) is 4.68 Å². The number of aryl methyl sites for hydroxylation is 1. The summed E-state index contributed by atoms with van der Waals surface area (Å²) in [6.45, 7) is 0.0362. The van der Waals surface area contributed by atoms with Crippen LogP contribution >= 0.6 is 0 Å². The highest BCUT2D eigenvalue weighted by molar-refractivity contribution is 5.79. The van der Waals surface area contributed by atoms with Crippen LogP contribution in [0.4, 0.5) is 5.69 Å². The Bertz CT molecular complexity index is 692. The summed E-state index contributed by atoms with van der Waals surface area (Å²) < 4.78 is 1.29. The summed E-state index contributed by atoms with van der Waals surface area (Å²) in [5.74, 6) is 0. The van der Waals surface area contributed by atoms with Crippen molar-refractivity contribution in [1.82, 2.24) is 9.78 Å². The Morgan fingerprint density at radius 1 is 1.30 bits per heavy atom. The number of nitroso groups, excluding NO2 is 1. The second-order valence-corrected chi connectivity index (χ2v) is 4.67. The normalized spacial score (nSPS) is 10.3. The number of rotatable bonds is 4. The number of hydrogen-bond acceptors (Lipinski definition) is 5. The Morgan fingerprint density at radius 2 is 2.00 bits per heavy atom. The molecule has 0 unspecified atom stereocenters. The van der Waals surface area contributed by atoms with E-state index in [9.17, 15) is 9.70 Å². The highest BCUT2D eigenvalue weighted by Gasteiger charge is 2.16. The van der Waals surface area contributed by atoms with Crippen molar-refractivity contribution < 1.29 is 0 Å². The van der Waals surface area contributed by atoms with Gasteiger partial charge >= 0.3 is 0 Å². The molecule has 104 valence electrons. The lowest BCUT2D eigenvalue weighted by atomic mass is 9.99. The number of benzene rings is 1. The van der Waals surface area contributed by atoms with E-state index in [1.165, 1.54) is 4.68 Å². The molecule has 0 aliphatic heterocycles. The van der Waals surface area contributed by atoms with Gasteiger partial charge < -0.3 is 4.90 Å². The van der Waals surface area contributed by atoms with Crippen molar-refractivity contribution >= 4 is 5.69 Å². The predicted molar refractivity (Wildman–Crippen MR) is 78.7 cm³/mol. The van der Waals surface area contributed by atoms with Gasteiger partial charge in [0.25, 0.3) is 5.56 Å². The number of nitrogens with zero attached hydrogens (tertiary/aromatic N) is 4. The Hall–Kier alpha value is -2.50. The van der Waals surface area contributed by atoms with Gasteiger partial charge in [-0.05, 0) is 11.1 Å². The van der Waals surface area contributed by atoms with Crippen LogP contribution < -0.4 is 10.5 Å². The average molecular weight is 272 g/mol. The zero-order valence-electron chi connectivity index (χ0n) is 11.7. The van der Waals surface area contributed by atoms with Gasteiger partial charge in [0.2, 0.25) is 0 Å². The van der Waals surface area contributed by atoms with Crippen LogP contribution in [0.15, 0.2) is 40.4 Å². The molecule has 0 aliphatic carbocycles. The minimum atomic E-state index is -0.199. The minimum absolute atomic E-state index is 0.0362. The van der Waals surface area contributed by atoms with E-state index in [1.54, 1.807) is 19.3 Å². The minimum Gasteiger partial charge on any atom is -0.376 e. The third-order valence-corrected chi connectivity index (χ3v) is 3.12. The van der Waals surface area contributed by atoms with Crippen LogP contribution in [-0.2, 0) is 13.6 Å². The van der Waals surface area contributed by atoms with Crippen molar-refractivity contribution in [2.75, 3.05) is 19.0 Å². The Labute approximate surface area is 116 Å². The molecule has 0 fully saturated rings. The van der Waals surface area contributed by atoms with Crippen LogP contribution in [0.3, 0.4) is 0 Å². The second kappa shape index (κ2) is 5.64. The van der Waals surface area contributed by atoms with E-state index in [-0.39, 0.29) is 12.1 Å². The number of hydrogen-bond donors (Lipinski definition) is 0. The van der Waals surface area contributed by atoms with Gasteiger partial charge in [0.15, 0.2) is 0 Å². The fourth-order valence-electron chi connectivity index (χ4n) is 2.09. The zero-order chi connectivity index (χ0) is 14.7. The highest BCUT2D eigenvalue weighted by Crippen LogP contribution is 2.28. The molecule has 1 aromatic carbocycles. The van der Waals surface area contributed by atoms with Gasteiger partial charge in [-0.15, -0.1) is 0 Å². The van der Waals surface area contributed by atoms with Crippen molar-refractivity contribution in [2.24, 2.45) is 12.2 Å². The van der Waals surface area contributed by atoms with E-state index in [1.807, 2.05) is 37.2 Å². The largest absolute Gasteiger partial charge is 0.376 e. The molecule has 0 N–H and O–H groups in total. The Kier molecular flexibility index (Phi) is 3.93. The van der Waals surface area contributed by atoms with Crippen LogP contribution in [-0.4, -0.2) is 23.9 Å². The second-order valence-electron chi connectivity index (χ2n) is 4.67. The average Bonchev–Trinajstić information content (AvgIpc) is 2.42. The van der Waals surface area contributed by atoms with Crippen LogP contribution in [0, 0.1) is 4.91 Å². The molecular weight excluding hydrogens is 256 g/mol. The van der Waals surface area contributed by atoms with Crippen LogP contribution in [0.1, 0.15) is 5.56 Å². The Morgan fingerprint density at radius 3 is 2.65 bits per heavy atom. The van der Waals surface area contributed by atoms with E-state index in [2.05, 4.69) is 10.3 Å². The zero-order valence-corrected chi connectivity index (χ0v) is 11.7. The van der Waals surface area contributed by atoms with E-state index < -0.39 is 0 Å². The number of anilines is 1. The maximum absolute atomic E-state index is 12.4. The molecule has 1 aromatic heterocycles. The first-order valence-electron chi connectivity index (χ1n) is 6.17. The summed E-state index contributed by atoms with van der Waals surface area (Å²) in [7, 11) is 5.30. The SMILES string of the molecule is CN(C)c1cnn(C)c(=O)c1-c1ccccc1CN=O. The Balaban J connectivity index is 2.78.